The zero-order valence-corrected chi connectivity index (χ0v) is 19.1. The van der Waals surface area contributed by atoms with Crippen LogP contribution in [0.1, 0.15) is 16.7 Å². The summed E-state index contributed by atoms with van der Waals surface area (Å²) in [4.78, 5) is 25.6. The highest BCUT2D eigenvalue weighted by atomic mass is 79.9. The van der Waals surface area contributed by atoms with Gasteiger partial charge in [-0.2, -0.15) is 5.26 Å². The fourth-order valence-electron chi connectivity index (χ4n) is 3.38. The Morgan fingerprint density at radius 2 is 1.82 bits per heavy atom. The SMILES string of the molecule is COc1cc(Br)cc(/C=C2/C(=O)NN(c3ccccc3)C2=O)c1OCc1ccccc1C#N. The van der Waals surface area contributed by atoms with E-state index in [1.165, 1.54) is 18.2 Å². The molecule has 0 atom stereocenters. The largest absolute Gasteiger partial charge is 0.493 e. The maximum absolute atomic E-state index is 13.0. The van der Waals surface area contributed by atoms with E-state index in [0.717, 1.165) is 0 Å². The van der Waals surface area contributed by atoms with E-state index < -0.39 is 11.8 Å². The first-order chi connectivity index (χ1) is 16.0. The van der Waals surface area contributed by atoms with Gasteiger partial charge in [-0.3, -0.25) is 15.0 Å². The third kappa shape index (κ3) is 4.59. The number of hydrazine groups is 1. The Labute approximate surface area is 198 Å². The van der Waals surface area contributed by atoms with E-state index >= 15 is 0 Å². The topological polar surface area (TPSA) is 91.7 Å². The Morgan fingerprint density at radius 1 is 1.09 bits per heavy atom. The number of amides is 2. The third-order valence-corrected chi connectivity index (χ3v) is 5.44. The molecule has 3 aromatic rings. The summed E-state index contributed by atoms with van der Waals surface area (Å²) in [7, 11) is 1.50. The summed E-state index contributed by atoms with van der Waals surface area (Å²) in [6.45, 7) is 0.105. The maximum atomic E-state index is 13.0. The average Bonchev–Trinajstić information content (AvgIpc) is 3.12. The Hall–Kier alpha value is -4.09. The molecule has 2 amide bonds. The molecule has 0 spiro atoms. The number of carbonyl (C=O) groups excluding carboxylic acids is 2. The monoisotopic (exact) mass is 503 g/mol. The Balaban J connectivity index is 1.71. The minimum absolute atomic E-state index is 0.0405. The summed E-state index contributed by atoms with van der Waals surface area (Å²) in [5.74, 6) is -0.245. The fraction of sp³-hybridized carbons (Fsp3) is 0.0800. The standard InChI is InChI=1S/C25H18BrN3O4/c1-32-22-13-19(26)11-18(23(22)33-15-17-8-6-5-7-16(17)14-27)12-21-24(30)28-29(25(21)31)20-9-3-2-4-10-20/h2-13H,15H2,1H3,(H,28,30)/b21-12-. The molecule has 0 unspecified atom stereocenters. The molecular weight excluding hydrogens is 486 g/mol. The second kappa shape index (κ2) is 9.59. The van der Waals surface area contributed by atoms with Crippen molar-refractivity contribution < 1.29 is 19.1 Å². The van der Waals surface area contributed by atoms with E-state index in [4.69, 9.17) is 9.47 Å². The van der Waals surface area contributed by atoms with E-state index in [9.17, 15) is 14.9 Å². The normalized spacial score (nSPS) is 14.2. The van der Waals surface area contributed by atoms with Crippen LogP contribution in [0.3, 0.4) is 0 Å². The van der Waals surface area contributed by atoms with Gasteiger partial charge in [-0.25, -0.2) is 5.01 Å². The smallest absolute Gasteiger partial charge is 0.282 e. The molecule has 33 heavy (non-hydrogen) atoms. The van der Waals surface area contributed by atoms with Crippen LogP contribution in [0.2, 0.25) is 0 Å². The molecule has 3 aromatic carbocycles. The van der Waals surface area contributed by atoms with Crippen LogP contribution < -0.4 is 19.9 Å². The number of nitrogens with zero attached hydrogens (tertiary/aromatic N) is 2. The zero-order valence-electron chi connectivity index (χ0n) is 17.5. The molecule has 1 N–H and O–H groups in total. The molecule has 1 aliphatic rings. The van der Waals surface area contributed by atoms with Crippen LogP contribution >= 0.6 is 15.9 Å². The highest BCUT2D eigenvalue weighted by molar-refractivity contribution is 9.10. The number of rotatable bonds is 6. The first-order valence-electron chi connectivity index (χ1n) is 9.92. The molecule has 0 aromatic heterocycles. The summed E-state index contributed by atoms with van der Waals surface area (Å²) in [6, 6.07) is 21.5. The van der Waals surface area contributed by atoms with Gasteiger partial charge in [0.1, 0.15) is 12.2 Å². The molecule has 1 heterocycles. The Bertz CT molecular complexity index is 1300. The van der Waals surface area contributed by atoms with Crippen LogP contribution in [0.15, 0.2) is 76.8 Å². The number of halogens is 1. The number of ether oxygens (including phenoxy) is 2. The number of nitriles is 1. The maximum Gasteiger partial charge on any atom is 0.282 e. The highest BCUT2D eigenvalue weighted by Crippen LogP contribution is 2.37. The molecule has 164 valence electrons. The van der Waals surface area contributed by atoms with Gasteiger partial charge in [0.2, 0.25) is 0 Å². The first kappa shape index (κ1) is 22.1. The lowest BCUT2D eigenvalue weighted by atomic mass is 10.1. The van der Waals surface area contributed by atoms with Crippen LogP contribution in [-0.2, 0) is 16.2 Å². The molecule has 0 radical (unpaired) electrons. The highest BCUT2D eigenvalue weighted by Gasteiger charge is 2.34. The molecule has 0 saturated carbocycles. The van der Waals surface area contributed by atoms with Crippen molar-refractivity contribution in [3.05, 3.63) is 93.5 Å². The Morgan fingerprint density at radius 3 is 2.55 bits per heavy atom. The molecule has 8 heteroatoms. The summed E-state index contributed by atoms with van der Waals surface area (Å²) in [5, 5.41) is 10.5. The van der Waals surface area contributed by atoms with Gasteiger partial charge < -0.3 is 9.47 Å². The lowest BCUT2D eigenvalue weighted by Crippen LogP contribution is -2.35. The minimum atomic E-state index is -0.524. The van der Waals surface area contributed by atoms with Gasteiger partial charge in [0.15, 0.2) is 11.5 Å². The molecule has 0 aliphatic carbocycles. The van der Waals surface area contributed by atoms with Gasteiger partial charge >= 0.3 is 0 Å². The van der Waals surface area contributed by atoms with Crippen LogP contribution in [0.25, 0.3) is 6.08 Å². The van der Waals surface area contributed by atoms with Gasteiger partial charge in [0, 0.05) is 15.6 Å². The number of anilines is 1. The molecule has 1 saturated heterocycles. The van der Waals surface area contributed by atoms with Crippen LogP contribution in [0.4, 0.5) is 5.69 Å². The van der Waals surface area contributed by atoms with E-state index in [1.807, 2.05) is 12.1 Å². The number of para-hydroxylation sites is 1. The van der Waals surface area contributed by atoms with Gasteiger partial charge in [-0.05, 0) is 36.4 Å². The van der Waals surface area contributed by atoms with Gasteiger partial charge in [-0.1, -0.05) is 52.3 Å². The van der Waals surface area contributed by atoms with E-state index in [-0.39, 0.29) is 12.2 Å². The molecular formula is C25H18BrN3O4. The van der Waals surface area contributed by atoms with Crippen molar-refractivity contribution in [3.8, 4) is 17.6 Å². The van der Waals surface area contributed by atoms with E-state index in [1.54, 1.807) is 54.6 Å². The van der Waals surface area contributed by atoms with Crippen molar-refractivity contribution in [3.63, 3.8) is 0 Å². The van der Waals surface area contributed by atoms with Gasteiger partial charge in [-0.15, -0.1) is 0 Å². The molecule has 1 fully saturated rings. The van der Waals surface area contributed by atoms with Crippen molar-refractivity contribution in [1.82, 2.24) is 5.43 Å². The first-order valence-corrected chi connectivity index (χ1v) is 10.7. The quantitative estimate of drug-likeness (QED) is 0.398. The summed E-state index contributed by atoms with van der Waals surface area (Å²) in [6.07, 6.45) is 1.47. The number of nitrogens with one attached hydrogen (secondary N) is 1. The van der Waals surface area contributed by atoms with Crippen LogP contribution in [0, 0.1) is 11.3 Å². The van der Waals surface area contributed by atoms with Gasteiger partial charge in [0.25, 0.3) is 11.8 Å². The average molecular weight is 504 g/mol. The number of hydrogen-bond acceptors (Lipinski definition) is 5. The predicted molar refractivity (Wildman–Crippen MR) is 126 cm³/mol. The predicted octanol–water partition coefficient (Wildman–Crippen LogP) is 4.37. The number of benzene rings is 3. The van der Waals surface area contributed by atoms with E-state index in [2.05, 4.69) is 27.4 Å². The van der Waals surface area contributed by atoms with Crippen LogP contribution in [0.5, 0.6) is 11.5 Å². The molecule has 0 bridgehead atoms. The zero-order chi connectivity index (χ0) is 23.4. The summed E-state index contributed by atoms with van der Waals surface area (Å²) < 4.78 is 12.2. The summed E-state index contributed by atoms with van der Waals surface area (Å²) >= 11 is 3.43. The fourth-order valence-corrected chi connectivity index (χ4v) is 3.83. The van der Waals surface area contributed by atoms with Gasteiger partial charge in [0.05, 0.1) is 24.4 Å². The van der Waals surface area contributed by atoms with Crippen molar-refractivity contribution in [2.45, 2.75) is 6.61 Å². The number of hydrogen-bond donors (Lipinski definition) is 1. The third-order valence-electron chi connectivity index (χ3n) is 4.98. The van der Waals surface area contributed by atoms with Crippen molar-refractivity contribution in [2.75, 3.05) is 12.1 Å². The second-order valence-electron chi connectivity index (χ2n) is 7.06. The molecule has 7 nitrogen and oxygen atoms in total. The minimum Gasteiger partial charge on any atom is -0.493 e. The Kier molecular flexibility index (Phi) is 6.43. The lowest BCUT2D eigenvalue weighted by Gasteiger charge is -2.15. The van der Waals surface area contributed by atoms with E-state index in [0.29, 0.717) is 38.3 Å². The van der Waals surface area contributed by atoms with Crippen molar-refractivity contribution >= 4 is 39.5 Å². The second-order valence-corrected chi connectivity index (χ2v) is 7.97. The van der Waals surface area contributed by atoms with Crippen molar-refractivity contribution in [1.29, 1.82) is 5.26 Å². The van der Waals surface area contributed by atoms with Crippen LogP contribution in [-0.4, -0.2) is 18.9 Å². The lowest BCUT2D eigenvalue weighted by molar-refractivity contribution is -0.117. The summed E-state index contributed by atoms with van der Waals surface area (Å²) in [5.41, 5.74) is 4.77. The molecule has 4 rings (SSSR count). The van der Waals surface area contributed by atoms with Crippen molar-refractivity contribution in [2.24, 2.45) is 0 Å². The number of carbonyl (C=O) groups is 2. The number of methoxy groups -OCH3 is 1. The molecule has 1 aliphatic heterocycles.